The van der Waals surface area contributed by atoms with Crippen molar-refractivity contribution in [2.45, 2.75) is 19.4 Å². The standard InChI is InChI=1S/C13H19N3O4/c1-3-12(14-13(18)15(2)7-8-17)10-5-4-6-11(9-10)16(19)20/h4-6,9,12,17H,3,7-8H2,1-2H3,(H,14,18). The van der Waals surface area contributed by atoms with Gasteiger partial charge < -0.3 is 15.3 Å². The number of amides is 2. The topological polar surface area (TPSA) is 95.7 Å². The molecule has 7 nitrogen and oxygen atoms in total. The first-order chi connectivity index (χ1) is 9.49. The lowest BCUT2D eigenvalue weighted by molar-refractivity contribution is -0.384. The minimum atomic E-state index is -0.462. The SMILES string of the molecule is CCC(NC(=O)N(C)CCO)c1cccc([N+](=O)[O-])c1. The number of likely N-dealkylation sites (N-methyl/N-ethyl adjacent to an activating group) is 1. The predicted molar refractivity (Wildman–Crippen MR) is 74.4 cm³/mol. The van der Waals surface area contributed by atoms with Gasteiger partial charge in [-0.3, -0.25) is 10.1 Å². The van der Waals surface area contributed by atoms with Gasteiger partial charge in [0.1, 0.15) is 0 Å². The Kier molecular flexibility index (Phi) is 5.92. The number of benzene rings is 1. The molecule has 0 saturated carbocycles. The number of carbonyl (C=O) groups is 1. The van der Waals surface area contributed by atoms with Crippen LogP contribution in [0.3, 0.4) is 0 Å². The lowest BCUT2D eigenvalue weighted by Crippen LogP contribution is -2.40. The minimum Gasteiger partial charge on any atom is -0.395 e. The molecule has 1 rings (SSSR count). The first-order valence-electron chi connectivity index (χ1n) is 6.36. The first-order valence-corrected chi connectivity index (χ1v) is 6.36. The molecule has 0 bridgehead atoms. The highest BCUT2D eigenvalue weighted by atomic mass is 16.6. The van der Waals surface area contributed by atoms with Crippen LogP contribution in [0, 0.1) is 10.1 Å². The molecule has 0 spiro atoms. The van der Waals surface area contributed by atoms with Crippen molar-refractivity contribution >= 4 is 11.7 Å². The van der Waals surface area contributed by atoms with Gasteiger partial charge in [-0.15, -0.1) is 0 Å². The van der Waals surface area contributed by atoms with E-state index in [9.17, 15) is 14.9 Å². The summed E-state index contributed by atoms with van der Waals surface area (Å²) in [6.07, 6.45) is 0.611. The highest BCUT2D eigenvalue weighted by Crippen LogP contribution is 2.21. The molecule has 1 atom stereocenters. The Morgan fingerprint density at radius 2 is 2.25 bits per heavy atom. The number of aliphatic hydroxyl groups excluding tert-OH is 1. The van der Waals surface area contributed by atoms with Crippen LogP contribution < -0.4 is 5.32 Å². The van der Waals surface area contributed by atoms with Gasteiger partial charge in [0.15, 0.2) is 0 Å². The van der Waals surface area contributed by atoms with Crippen molar-refractivity contribution in [1.82, 2.24) is 10.2 Å². The van der Waals surface area contributed by atoms with Crippen molar-refractivity contribution in [3.05, 3.63) is 39.9 Å². The third-order valence-corrected chi connectivity index (χ3v) is 2.97. The van der Waals surface area contributed by atoms with Gasteiger partial charge in [-0.1, -0.05) is 19.1 Å². The van der Waals surface area contributed by atoms with Crippen LogP contribution in [0.1, 0.15) is 24.9 Å². The Hall–Kier alpha value is -2.15. The summed E-state index contributed by atoms with van der Waals surface area (Å²) < 4.78 is 0. The molecular weight excluding hydrogens is 262 g/mol. The van der Waals surface area contributed by atoms with Crippen molar-refractivity contribution in [3.8, 4) is 0 Å². The quantitative estimate of drug-likeness (QED) is 0.612. The molecule has 0 aliphatic carbocycles. The van der Waals surface area contributed by atoms with Crippen LogP contribution in [0.4, 0.5) is 10.5 Å². The fourth-order valence-electron chi connectivity index (χ4n) is 1.79. The lowest BCUT2D eigenvalue weighted by atomic mass is 10.0. The molecule has 0 saturated heterocycles. The largest absolute Gasteiger partial charge is 0.395 e. The predicted octanol–water partition coefficient (Wildman–Crippen LogP) is 1.68. The van der Waals surface area contributed by atoms with Gasteiger partial charge in [0.25, 0.3) is 5.69 Å². The van der Waals surface area contributed by atoms with E-state index in [1.54, 1.807) is 19.2 Å². The van der Waals surface area contributed by atoms with Gasteiger partial charge in [0, 0.05) is 25.7 Å². The summed E-state index contributed by atoms with van der Waals surface area (Å²) in [6.45, 7) is 2.00. The Morgan fingerprint density at radius 1 is 1.55 bits per heavy atom. The van der Waals surface area contributed by atoms with Crippen molar-refractivity contribution in [3.63, 3.8) is 0 Å². The average Bonchev–Trinajstić information content (AvgIpc) is 2.44. The zero-order chi connectivity index (χ0) is 15.1. The minimum absolute atomic E-state index is 0.00101. The molecule has 0 radical (unpaired) electrons. The summed E-state index contributed by atoms with van der Waals surface area (Å²) >= 11 is 0. The maximum atomic E-state index is 11.9. The summed E-state index contributed by atoms with van der Waals surface area (Å²) in [6, 6.07) is 5.59. The van der Waals surface area contributed by atoms with Gasteiger partial charge in [0.05, 0.1) is 17.6 Å². The van der Waals surface area contributed by atoms with Crippen LogP contribution in [0.25, 0.3) is 0 Å². The number of nitrogens with one attached hydrogen (secondary N) is 1. The van der Waals surface area contributed by atoms with Crippen molar-refractivity contribution in [2.24, 2.45) is 0 Å². The number of nitro benzene ring substituents is 1. The van der Waals surface area contributed by atoms with E-state index >= 15 is 0 Å². The Balaban J connectivity index is 2.83. The monoisotopic (exact) mass is 281 g/mol. The number of non-ortho nitro benzene ring substituents is 1. The number of urea groups is 1. The molecule has 0 aromatic heterocycles. The van der Waals surface area contributed by atoms with E-state index in [-0.39, 0.29) is 30.9 Å². The van der Waals surface area contributed by atoms with Crippen LogP contribution in [0.15, 0.2) is 24.3 Å². The van der Waals surface area contributed by atoms with Crippen molar-refractivity contribution in [1.29, 1.82) is 0 Å². The fourth-order valence-corrected chi connectivity index (χ4v) is 1.79. The van der Waals surface area contributed by atoms with Crippen molar-refractivity contribution in [2.75, 3.05) is 20.2 Å². The molecule has 1 unspecified atom stereocenters. The van der Waals surface area contributed by atoms with E-state index < -0.39 is 4.92 Å². The fraction of sp³-hybridized carbons (Fsp3) is 0.462. The molecule has 20 heavy (non-hydrogen) atoms. The number of carbonyl (C=O) groups excluding carboxylic acids is 1. The number of rotatable bonds is 6. The molecule has 1 aromatic rings. The average molecular weight is 281 g/mol. The summed E-state index contributed by atoms with van der Waals surface area (Å²) in [5, 5.41) is 22.3. The van der Waals surface area contributed by atoms with Crippen LogP contribution in [0.5, 0.6) is 0 Å². The summed E-state index contributed by atoms with van der Waals surface area (Å²) in [5.74, 6) is 0. The molecule has 110 valence electrons. The smallest absolute Gasteiger partial charge is 0.317 e. The first kappa shape index (κ1) is 15.9. The van der Waals surface area contributed by atoms with Crippen molar-refractivity contribution < 1.29 is 14.8 Å². The summed E-state index contributed by atoms with van der Waals surface area (Å²) in [5.41, 5.74) is 0.686. The van der Waals surface area contributed by atoms with E-state index in [1.807, 2.05) is 6.92 Å². The lowest BCUT2D eigenvalue weighted by Gasteiger charge is -2.22. The molecule has 0 fully saturated rings. The van der Waals surface area contributed by atoms with E-state index in [0.29, 0.717) is 12.0 Å². The zero-order valence-corrected chi connectivity index (χ0v) is 11.6. The third-order valence-electron chi connectivity index (χ3n) is 2.97. The Bertz CT molecular complexity index is 478. The summed E-state index contributed by atoms with van der Waals surface area (Å²) in [4.78, 5) is 23.5. The van der Waals surface area contributed by atoms with E-state index in [0.717, 1.165) is 0 Å². The van der Waals surface area contributed by atoms with Gasteiger partial charge in [0.2, 0.25) is 0 Å². The second kappa shape index (κ2) is 7.44. The maximum Gasteiger partial charge on any atom is 0.317 e. The second-order valence-corrected chi connectivity index (χ2v) is 4.41. The molecular formula is C13H19N3O4. The van der Waals surface area contributed by atoms with Crippen LogP contribution >= 0.6 is 0 Å². The molecule has 2 amide bonds. The number of nitro groups is 1. The second-order valence-electron chi connectivity index (χ2n) is 4.41. The molecule has 1 aromatic carbocycles. The van der Waals surface area contributed by atoms with E-state index in [4.69, 9.17) is 5.11 Å². The number of hydrogen-bond donors (Lipinski definition) is 2. The van der Waals surface area contributed by atoms with E-state index in [1.165, 1.54) is 17.0 Å². The maximum absolute atomic E-state index is 11.9. The highest BCUT2D eigenvalue weighted by Gasteiger charge is 2.17. The van der Waals surface area contributed by atoms with Gasteiger partial charge in [-0.25, -0.2) is 4.79 Å². The Labute approximate surface area is 117 Å². The number of aliphatic hydroxyl groups is 1. The molecule has 0 heterocycles. The number of hydrogen-bond acceptors (Lipinski definition) is 4. The Morgan fingerprint density at radius 3 is 2.80 bits per heavy atom. The van der Waals surface area contributed by atoms with Crippen LogP contribution in [-0.4, -0.2) is 41.2 Å². The molecule has 2 N–H and O–H groups in total. The van der Waals surface area contributed by atoms with Crippen LogP contribution in [0.2, 0.25) is 0 Å². The summed E-state index contributed by atoms with van der Waals surface area (Å²) in [7, 11) is 1.58. The van der Waals surface area contributed by atoms with E-state index in [2.05, 4.69) is 5.32 Å². The van der Waals surface area contributed by atoms with Gasteiger partial charge in [-0.2, -0.15) is 0 Å². The molecule has 0 aliphatic heterocycles. The van der Waals surface area contributed by atoms with Gasteiger partial charge in [-0.05, 0) is 12.0 Å². The zero-order valence-electron chi connectivity index (χ0n) is 11.6. The molecule has 7 heteroatoms. The van der Waals surface area contributed by atoms with Crippen LogP contribution in [-0.2, 0) is 0 Å². The highest BCUT2D eigenvalue weighted by molar-refractivity contribution is 5.74. The van der Waals surface area contributed by atoms with Gasteiger partial charge >= 0.3 is 6.03 Å². The molecule has 0 aliphatic rings. The third kappa shape index (κ3) is 4.20. The normalized spacial score (nSPS) is 11.8. The number of nitrogens with zero attached hydrogens (tertiary/aromatic N) is 2.